The molecule has 2 aromatic rings. The Hall–Kier alpha value is -2.56. The van der Waals surface area contributed by atoms with Gasteiger partial charge >= 0.3 is 5.69 Å². The summed E-state index contributed by atoms with van der Waals surface area (Å²) in [4.78, 5) is 10.4. The molecule has 0 atom stereocenters. The lowest BCUT2D eigenvalue weighted by atomic mass is 10.2. The summed E-state index contributed by atoms with van der Waals surface area (Å²) in [6.07, 6.45) is 0. The number of rotatable bonds is 6. The van der Waals surface area contributed by atoms with Crippen LogP contribution in [0.4, 0.5) is 5.69 Å². The molecule has 0 aliphatic heterocycles. The van der Waals surface area contributed by atoms with Gasteiger partial charge in [0.1, 0.15) is 19.0 Å². The van der Waals surface area contributed by atoms with Crippen LogP contribution in [0.1, 0.15) is 5.56 Å². The van der Waals surface area contributed by atoms with Crippen LogP contribution in [-0.2, 0) is 0 Å². The van der Waals surface area contributed by atoms with Gasteiger partial charge in [-0.05, 0) is 30.7 Å². The molecule has 2 rings (SSSR count). The second kappa shape index (κ2) is 6.56. The van der Waals surface area contributed by atoms with Gasteiger partial charge in [-0.3, -0.25) is 10.1 Å². The Balaban J connectivity index is 1.91. The fourth-order valence-corrected chi connectivity index (χ4v) is 1.72. The third-order valence-electron chi connectivity index (χ3n) is 2.66. The van der Waals surface area contributed by atoms with E-state index in [1.807, 2.05) is 37.3 Å². The summed E-state index contributed by atoms with van der Waals surface area (Å²) in [6, 6.07) is 14.1. The molecule has 0 aliphatic rings. The van der Waals surface area contributed by atoms with Crippen molar-refractivity contribution in [3.05, 3.63) is 64.2 Å². The molecular weight excluding hydrogens is 258 g/mol. The summed E-state index contributed by atoms with van der Waals surface area (Å²) < 4.78 is 10.9. The van der Waals surface area contributed by atoms with Crippen molar-refractivity contribution in [1.82, 2.24) is 0 Å². The first-order chi connectivity index (χ1) is 9.66. The fraction of sp³-hybridized carbons (Fsp3) is 0.200. The van der Waals surface area contributed by atoms with Gasteiger partial charge in [0.15, 0.2) is 5.75 Å². The van der Waals surface area contributed by atoms with E-state index in [0.29, 0.717) is 6.61 Å². The van der Waals surface area contributed by atoms with E-state index < -0.39 is 4.92 Å². The number of nitrogens with zero attached hydrogens (tertiary/aromatic N) is 1. The van der Waals surface area contributed by atoms with Crippen molar-refractivity contribution in [2.45, 2.75) is 6.92 Å². The Bertz CT molecular complexity index is 584. The van der Waals surface area contributed by atoms with Gasteiger partial charge in [-0.1, -0.05) is 24.3 Å². The highest BCUT2D eigenvalue weighted by molar-refractivity contribution is 5.48. The number of ether oxygens (including phenoxy) is 2. The van der Waals surface area contributed by atoms with Crippen molar-refractivity contribution in [1.29, 1.82) is 0 Å². The van der Waals surface area contributed by atoms with Crippen LogP contribution in [0, 0.1) is 17.0 Å². The average Bonchev–Trinajstić information content (AvgIpc) is 2.44. The molecule has 0 aliphatic carbocycles. The first-order valence-electron chi connectivity index (χ1n) is 6.22. The Labute approximate surface area is 116 Å². The first-order valence-corrected chi connectivity index (χ1v) is 6.22. The van der Waals surface area contributed by atoms with Gasteiger partial charge < -0.3 is 9.47 Å². The molecule has 0 amide bonds. The van der Waals surface area contributed by atoms with Crippen LogP contribution < -0.4 is 9.47 Å². The zero-order valence-electron chi connectivity index (χ0n) is 11.1. The molecule has 0 unspecified atom stereocenters. The van der Waals surface area contributed by atoms with Gasteiger partial charge in [-0.25, -0.2) is 0 Å². The van der Waals surface area contributed by atoms with E-state index in [-0.39, 0.29) is 18.0 Å². The first kappa shape index (κ1) is 13.9. The Morgan fingerprint density at radius 2 is 1.75 bits per heavy atom. The maximum atomic E-state index is 10.9. The minimum Gasteiger partial charge on any atom is -0.490 e. The minimum absolute atomic E-state index is 0.0321. The molecule has 0 saturated carbocycles. The SMILES string of the molecule is Cc1ccc([N+](=O)[O-])c(OCCOc2ccccc2)c1. The smallest absolute Gasteiger partial charge is 0.310 e. The van der Waals surface area contributed by atoms with Gasteiger partial charge in [0.05, 0.1) is 4.92 Å². The van der Waals surface area contributed by atoms with E-state index in [9.17, 15) is 10.1 Å². The van der Waals surface area contributed by atoms with E-state index in [2.05, 4.69) is 0 Å². The quantitative estimate of drug-likeness (QED) is 0.460. The number of hydrogen-bond acceptors (Lipinski definition) is 4. The summed E-state index contributed by atoms with van der Waals surface area (Å²) in [5.74, 6) is 1.02. The van der Waals surface area contributed by atoms with Gasteiger partial charge in [0.25, 0.3) is 0 Å². The molecule has 0 aromatic heterocycles. The summed E-state index contributed by atoms with van der Waals surface area (Å²) in [5, 5.41) is 10.9. The number of aryl methyl sites for hydroxylation is 1. The Morgan fingerprint density at radius 3 is 2.45 bits per heavy atom. The van der Waals surface area contributed by atoms with Crippen LogP contribution in [0.5, 0.6) is 11.5 Å². The van der Waals surface area contributed by atoms with Crippen LogP contribution in [0.2, 0.25) is 0 Å². The number of nitro groups is 1. The lowest BCUT2D eigenvalue weighted by Crippen LogP contribution is -2.10. The Morgan fingerprint density at radius 1 is 1.05 bits per heavy atom. The molecular formula is C15H15NO4. The summed E-state index contributed by atoms with van der Waals surface area (Å²) in [6.45, 7) is 2.44. The van der Waals surface area contributed by atoms with Crippen molar-refractivity contribution >= 4 is 5.69 Å². The molecule has 0 saturated heterocycles. The third kappa shape index (κ3) is 3.71. The highest BCUT2D eigenvalue weighted by atomic mass is 16.6. The summed E-state index contributed by atoms with van der Waals surface area (Å²) in [7, 11) is 0. The number of hydrogen-bond donors (Lipinski definition) is 0. The minimum atomic E-state index is -0.452. The van der Waals surface area contributed by atoms with E-state index in [1.54, 1.807) is 12.1 Å². The molecule has 104 valence electrons. The van der Waals surface area contributed by atoms with Crippen molar-refractivity contribution in [2.75, 3.05) is 13.2 Å². The third-order valence-corrected chi connectivity index (χ3v) is 2.66. The molecule has 20 heavy (non-hydrogen) atoms. The van der Waals surface area contributed by atoms with Crippen LogP contribution >= 0.6 is 0 Å². The molecule has 2 aromatic carbocycles. The number of benzene rings is 2. The van der Waals surface area contributed by atoms with Crippen LogP contribution in [0.3, 0.4) is 0 Å². The summed E-state index contributed by atoms with van der Waals surface area (Å²) >= 11 is 0. The topological polar surface area (TPSA) is 61.6 Å². The summed E-state index contributed by atoms with van der Waals surface area (Å²) in [5.41, 5.74) is 0.880. The van der Waals surface area contributed by atoms with E-state index in [0.717, 1.165) is 11.3 Å². The lowest BCUT2D eigenvalue weighted by Gasteiger charge is -2.09. The van der Waals surface area contributed by atoms with Gasteiger partial charge in [0, 0.05) is 6.07 Å². The molecule has 0 bridgehead atoms. The van der Waals surface area contributed by atoms with Crippen LogP contribution in [0.15, 0.2) is 48.5 Å². The molecule has 0 fully saturated rings. The monoisotopic (exact) mass is 273 g/mol. The predicted octanol–water partition coefficient (Wildman–Crippen LogP) is 3.36. The van der Waals surface area contributed by atoms with E-state index in [1.165, 1.54) is 6.07 Å². The second-order valence-electron chi connectivity index (χ2n) is 4.24. The molecule has 0 heterocycles. The average molecular weight is 273 g/mol. The van der Waals surface area contributed by atoms with Gasteiger partial charge in [-0.2, -0.15) is 0 Å². The van der Waals surface area contributed by atoms with Crippen molar-refractivity contribution in [2.24, 2.45) is 0 Å². The molecule has 5 nitrogen and oxygen atoms in total. The van der Waals surface area contributed by atoms with E-state index >= 15 is 0 Å². The van der Waals surface area contributed by atoms with Crippen molar-refractivity contribution in [3.8, 4) is 11.5 Å². The number of para-hydroxylation sites is 1. The molecule has 0 spiro atoms. The van der Waals surface area contributed by atoms with E-state index in [4.69, 9.17) is 9.47 Å². The van der Waals surface area contributed by atoms with Crippen LogP contribution in [0.25, 0.3) is 0 Å². The van der Waals surface area contributed by atoms with Crippen molar-refractivity contribution in [3.63, 3.8) is 0 Å². The predicted molar refractivity (Wildman–Crippen MR) is 75.3 cm³/mol. The number of nitro benzene ring substituents is 1. The zero-order valence-corrected chi connectivity index (χ0v) is 11.1. The molecule has 0 N–H and O–H groups in total. The largest absolute Gasteiger partial charge is 0.490 e. The van der Waals surface area contributed by atoms with Gasteiger partial charge in [0.2, 0.25) is 0 Å². The zero-order chi connectivity index (χ0) is 14.4. The second-order valence-corrected chi connectivity index (χ2v) is 4.24. The van der Waals surface area contributed by atoms with Gasteiger partial charge in [-0.15, -0.1) is 0 Å². The lowest BCUT2D eigenvalue weighted by molar-refractivity contribution is -0.385. The maximum absolute atomic E-state index is 10.9. The highest BCUT2D eigenvalue weighted by Crippen LogP contribution is 2.27. The maximum Gasteiger partial charge on any atom is 0.310 e. The fourth-order valence-electron chi connectivity index (χ4n) is 1.72. The standard InChI is InChI=1S/C15H15NO4/c1-12-7-8-14(16(17)18)15(11-12)20-10-9-19-13-5-3-2-4-6-13/h2-8,11H,9-10H2,1H3. The molecule has 5 heteroatoms. The normalized spacial score (nSPS) is 10.1. The molecule has 0 radical (unpaired) electrons. The van der Waals surface area contributed by atoms with Crippen LogP contribution in [-0.4, -0.2) is 18.1 Å². The Kier molecular flexibility index (Phi) is 4.55. The van der Waals surface area contributed by atoms with Crippen molar-refractivity contribution < 1.29 is 14.4 Å². The highest BCUT2D eigenvalue weighted by Gasteiger charge is 2.14.